The summed E-state index contributed by atoms with van der Waals surface area (Å²) in [5, 5.41) is 7.32. The van der Waals surface area contributed by atoms with Gasteiger partial charge in [0, 0.05) is 23.7 Å². The zero-order valence-electron chi connectivity index (χ0n) is 17.0. The zero-order valence-corrected chi connectivity index (χ0v) is 17.0. The summed E-state index contributed by atoms with van der Waals surface area (Å²) in [6.07, 6.45) is -1.30. The van der Waals surface area contributed by atoms with Gasteiger partial charge in [0.2, 0.25) is 6.10 Å². The first kappa shape index (κ1) is 20.9. The van der Waals surface area contributed by atoms with Gasteiger partial charge in [0.05, 0.1) is 5.39 Å². The van der Waals surface area contributed by atoms with Crippen LogP contribution in [0.25, 0.3) is 10.8 Å². The molecule has 0 fully saturated rings. The van der Waals surface area contributed by atoms with Crippen LogP contribution < -0.4 is 10.9 Å². The molecule has 160 valence electrons. The number of fused-ring (bicyclic) bond motifs is 1. The molecule has 7 nitrogen and oxygen atoms in total. The fourth-order valence-corrected chi connectivity index (χ4v) is 3.26. The van der Waals surface area contributed by atoms with Crippen molar-refractivity contribution < 1.29 is 18.7 Å². The fraction of sp³-hybridized carbons (Fsp3) is 0.0833. The molecule has 0 aliphatic carbocycles. The van der Waals surface area contributed by atoms with Crippen LogP contribution in [0.2, 0.25) is 0 Å². The molecular weight excluding hydrogens is 413 g/mol. The number of ether oxygens (including phenoxy) is 1. The number of nitrogens with one attached hydrogen (secondary N) is 1. The number of aromatic nitrogens is 2. The first-order chi connectivity index (χ1) is 15.4. The van der Waals surface area contributed by atoms with Crippen LogP contribution in [0, 0.1) is 5.82 Å². The van der Waals surface area contributed by atoms with Crippen LogP contribution in [0.4, 0.5) is 10.1 Å². The molecule has 8 heteroatoms. The molecular formula is C24H18FN3O4. The normalized spacial score (nSPS) is 11.7. The molecule has 0 saturated carbocycles. The lowest BCUT2D eigenvalue weighted by atomic mass is 10.1. The number of hydrogen-bond acceptors (Lipinski definition) is 5. The number of carbonyl (C=O) groups excluding carboxylic acids is 2. The maximum absolute atomic E-state index is 13.2. The largest absolute Gasteiger partial charge is 0.442 e. The van der Waals surface area contributed by atoms with Gasteiger partial charge in [-0.25, -0.2) is 13.9 Å². The average Bonchev–Trinajstić information content (AvgIpc) is 2.81. The van der Waals surface area contributed by atoms with E-state index in [0.29, 0.717) is 22.0 Å². The van der Waals surface area contributed by atoms with Crippen LogP contribution in [0.15, 0.2) is 83.7 Å². The molecule has 0 unspecified atom stereocenters. The number of esters is 1. The maximum atomic E-state index is 13.2. The van der Waals surface area contributed by atoms with Gasteiger partial charge in [0.25, 0.3) is 11.5 Å². The Balaban J connectivity index is 1.69. The summed E-state index contributed by atoms with van der Waals surface area (Å²) in [5.74, 6) is -1.92. The summed E-state index contributed by atoms with van der Waals surface area (Å²) in [6, 6.07) is 20.2. The molecule has 1 aromatic heterocycles. The van der Waals surface area contributed by atoms with Crippen LogP contribution in [0.1, 0.15) is 22.2 Å². The number of anilines is 1. The summed E-state index contributed by atoms with van der Waals surface area (Å²) in [5.41, 5.74) is 0.345. The highest BCUT2D eigenvalue weighted by atomic mass is 19.1. The Bertz CT molecular complexity index is 1350. The minimum atomic E-state index is -1.30. The summed E-state index contributed by atoms with van der Waals surface area (Å²) < 4.78 is 19.8. The Kier molecular flexibility index (Phi) is 5.76. The first-order valence-corrected chi connectivity index (χ1v) is 9.72. The molecule has 0 saturated heterocycles. The predicted molar refractivity (Wildman–Crippen MR) is 117 cm³/mol. The van der Waals surface area contributed by atoms with E-state index in [4.69, 9.17) is 4.74 Å². The second kappa shape index (κ2) is 8.81. The first-order valence-electron chi connectivity index (χ1n) is 9.72. The van der Waals surface area contributed by atoms with Gasteiger partial charge in [-0.3, -0.25) is 9.59 Å². The molecule has 0 aliphatic heterocycles. The van der Waals surface area contributed by atoms with Crippen molar-refractivity contribution in [3.05, 3.63) is 106 Å². The zero-order chi connectivity index (χ0) is 22.7. The molecule has 0 aliphatic rings. The van der Waals surface area contributed by atoms with Crippen molar-refractivity contribution in [2.24, 2.45) is 7.05 Å². The third-order valence-electron chi connectivity index (χ3n) is 4.83. The van der Waals surface area contributed by atoms with Crippen molar-refractivity contribution in [3.63, 3.8) is 0 Å². The van der Waals surface area contributed by atoms with Crippen LogP contribution >= 0.6 is 0 Å². The molecule has 4 rings (SSSR count). The lowest BCUT2D eigenvalue weighted by Gasteiger charge is -2.18. The number of carbonyl (C=O) groups is 2. The number of hydrogen-bond donors (Lipinski definition) is 1. The van der Waals surface area contributed by atoms with Crippen molar-refractivity contribution in [3.8, 4) is 0 Å². The minimum Gasteiger partial charge on any atom is -0.442 e. The topological polar surface area (TPSA) is 90.3 Å². The quantitative estimate of drug-likeness (QED) is 0.488. The molecule has 3 aromatic carbocycles. The van der Waals surface area contributed by atoms with E-state index in [1.54, 1.807) is 54.6 Å². The molecule has 1 amide bonds. The van der Waals surface area contributed by atoms with Gasteiger partial charge in [-0.15, -0.1) is 0 Å². The molecule has 0 radical (unpaired) electrons. The second-order valence-electron chi connectivity index (χ2n) is 7.02. The van der Waals surface area contributed by atoms with E-state index in [1.807, 2.05) is 0 Å². The van der Waals surface area contributed by atoms with Crippen LogP contribution in [0.3, 0.4) is 0 Å². The highest BCUT2D eigenvalue weighted by Gasteiger charge is 2.28. The Morgan fingerprint density at radius 3 is 2.25 bits per heavy atom. The number of nitrogens with zero attached hydrogens (tertiary/aromatic N) is 2. The van der Waals surface area contributed by atoms with Gasteiger partial charge in [0.1, 0.15) is 5.82 Å². The van der Waals surface area contributed by atoms with Gasteiger partial charge in [-0.05, 0) is 30.3 Å². The predicted octanol–water partition coefficient (Wildman–Crippen LogP) is 3.61. The monoisotopic (exact) mass is 431 g/mol. The van der Waals surface area contributed by atoms with Crippen molar-refractivity contribution >= 4 is 28.3 Å². The Labute approximate surface area is 182 Å². The van der Waals surface area contributed by atoms with Crippen molar-refractivity contribution in [1.29, 1.82) is 0 Å². The van der Waals surface area contributed by atoms with E-state index in [-0.39, 0.29) is 11.3 Å². The SMILES string of the molecule is Cn1nc(C(=O)O[C@H](C(=O)Nc2ccc(F)cc2)c2ccccc2)c2ccccc2c1=O. The number of aryl methyl sites for hydroxylation is 1. The molecule has 1 atom stereocenters. The molecule has 1 N–H and O–H groups in total. The van der Waals surface area contributed by atoms with Gasteiger partial charge < -0.3 is 10.1 Å². The molecule has 4 aromatic rings. The van der Waals surface area contributed by atoms with E-state index in [9.17, 15) is 18.8 Å². The highest BCUT2D eigenvalue weighted by molar-refractivity contribution is 6.04. The van der Waals surface area contributed by atoms with Gasteiger partial charge in [0.15, 0.2) is 5.69 Å². The Hall–Kier alpha value is -4.33. The fourth-order valence-electron chi connectivity index (χ4n) is 3.26. The van der Waals surface area contributed by atoms with E-state index >= 15 is 0 Å². The van der Waals surface area contributed by atoms with Crippen LogP contribution in [-0.2, 0) is 16.6 Å². The number of amides is 1. The van der Waals surface area contributed by atoms with Crippen molar-refractivity contribution in [1.82, 2.24) is 9.78 Å². The summed E-state index contributed by atoms with van der Waals surface area (Å²) in [7, 11) is 1.43. The second-order valence-corrected chi connectivity index (χ2v) is 7.02. The Morgan fingerprint density at radius 1 is 0.938 bits per heavy atom. The number of halogens is 1. The highest BCUT2D eigenvalue weighted by Crippen LogP contribution is 2.23. The molecule has 1 heterocycles. The lowest BCUT2D eigenvalue weighted by molar-refractivity contribution is -0.125. The third-order valence-corrected chi connectivity index (χ3v) is 4.83. The molecule has 0 spiro atoms. The molecule has 0 bridgehead atoms. The van der Waals surface area contributed by atoms with Gasteiger partial charge in [-0.1, -0.05) is 48.5 Å². The van der Waals surface area contributed by atoms with E-state index in [0.717, 1.165) is 4.68 Å². The third kappa shape index (κ3) is 4.24. The number of rotatable bonds is 5. The van der Waals surface area contributed by atoms with E-state index < -0.39 is 23.8 Å². The summed E-state index contributed by atoms with van der Waals surface area (Å²) >= 11 is 0. The minimum absolute atomic E-state index is 0.0850. The Morgan fingerprint density at radius 2 is 1.56 bits per heavy atom. The maximum Gasteiger partial charge on any atom is 0.360 e. The van der Waals surface area contributed by atoms with Crippen molar-refractivity contribution in [2.75, 3.05) is 5.32 Å². The van der Waals surface area contributed by atoms with Crippen LogP contribution in [-0.4, -0.2) is 21.7 Å². The molecule has 32 heavy (non-hydrogen) atoms. The van der Waals surface area contributed by atoms with Gasteiger partial charge in [-0.2, -0.15) is 5.10 Å². The lowest BCUT2D eigenvalue weighted by Crippen LogP contribution is -2.28. The van der Waals surface area contributed by atoms with E-state index in [2.05, 4.69) is 10.4 Å². The smallest absolute Gasteiger partial charge is 0.360 e. The standard InChI is InChI=1S/C24H18FN3O4/c1-28-23(30)19-10-6-5-9-18(19)20(27-28)24(31)32-21(15-7-3-2-4-8-15)22(29)26-17-13-11-16(25)12-14-17/h2-14,21H,1H3,(H,26,29)/t21-/m0/s1. The van der Waals surface area contributed by atoms with E-state index in [1.165, 1.54) is 31.3 Å². The summed E-state index contributed by atoms with van der Waals surface area (Å²) in [4.78, 5) is 38.4. The van der Waals surface area contributed by atoms with Crippen molar-refractivity contribution in [2.45, 2.75) is 6.10 Å². The summed E-state index contributed by atoms with van der Waals surface area (Å²) in [6.45, 7) is 0. The van der Waals surface area contributed by atoms with Gasteiger partial charge >= 0.3 is 5.97 Å². The average molecular weight is 431 g/mol. The van der Waals surface area contributed by atoms with Crippen LogP contribution in [0.5, 0.6) is 0 Å². The number of benzene rings is 3.